The van der Waals surface area contributed by atoms with Crippen molar-refractivity contribution in [3.8, 4) is 0 Å². The van der Waals surface area contributed by atoms with Crippen LogP contribution in [0.25, 0.3) is 0 Å². The van der Waals surface area contributed by atoms with E-state index in [2.05, 4.69) is 10.1 Å². The van der Waals surface area contributed by atoms with Gasteiger partial charge in [0.15, 0.2) is 0 Å². The minimum atomic E-state index is -1.74. The summed E-state index contributed by atoms with van der Waals surface area (Å²) in [6.07, 6.45) is 6.26. The number of carboxylic acid groups (broad SMARTS) is 1. The Kier molecular flexibility index (Phi) is 9.49. The van der Waals surface area contributed by atoms with Crippen molar-refractivity contribution in [2.45, 2.75) is 30.1 Å². The second-order valence-electron chi connectivity index (χ2n) is 4.52. The van der Waals surface area contributed by atoms with E-state index < -0.39 is 28.5 Å². The van der Waals surface area contributed by atoms with Gasteiger partial charge >= 0.3 is 12.1 Å². The first-order valence-corrected chi connectivity index (χ1v) is 7.31. The van der Waals surface area contributed by atoms with E-state index in [1.54, 1.807) is 12.2 Å². The molecule has 0 unspecified atom stereocenters. The number of alkyl carbamates (subject to hydrolysis) is 1. The van der Waals surface area contributed by atoms with E-state index in [4.69, 9.17) is 39.9 Å². The molecule has 0 rings (SSSR count). The number of aliphatic carboxylic acids is 1. The number of amides is 1. The minimum Gasteiger partial charge on any atom is -0.480 e. The van der Waals surface area contributed by atoms with Gasteiger partial charge in [-0.15, -0.1) is 0 Å². The van der Waals surface area contributed by atoms with Crippen LogP contribution in [0.4, 0.5) is 4.79 Å². The molecule has 0 bridgehead atoms. The first-order valence-electron chi connectivity index (χ1n) is 6.18. The van der Waals surface area contributed by atoms with Crippen LogP contribution in [-0.2, 0) is 9.53 Å². The van der Waals surface area contributed by atoms with Crippen molar-refractivity contribution >= 4 is 46.9 Å². The van der Waals surface area contributed by atoms with Crippen LogP contribution < -0.4 is 5.32 Å². The molecular formula is C13H18Cl3NO4. The first kappa shape index (κ1) is 20.1. The van der Waals surface area contributed by atoms with E-state index in [9.17, 15) is 9.59 Å². The second-order valence-corrected chi connectivity index (χ2v) is 7.04. The molecule has 0 aromatic carbocycles. The zero-order chi connectivity index (χ0) is 16.5. The maximum absolute atomic E-state index is 11.4. The first-order chi connectivity index (χ1) is 9.61. The molecule has 0 aliphatic heterocycles. The second kappa shape index (κ2) is 9.92. The molecule has 0 radical (unpaired) electrons. The molecule has 0 aliphatic carbocycles. The van der Waals surface area contributed by atoms with Gasteiger partial charge in [-0.25, -0.2) is 9.59 Å². The van der Waals surface area contributed by atoms with Crippen LogP contribution in [0.5, 0.6) is 0 Å². The van der Waals surface area contributed by atoms with E-state index in [-0.39, 0.29) is 6.42 Å². The molecule has 1 amide bonds. The third-order valence-electron chi connectivity index (χ3n) is 2.07. The molecule has 2 N–H and O–H groups in total. The van der Waals surface area contributed by atoms with E-state index in [1.807, 2.05) is 26.0 Å². The van der Waals surface area contributed by atoms with Gasteiger partial charge in [-0.05, 0) is 12.3 Å². The summed E-state index contributed by atoms with van der Waals surface area (Å²) >= 11 is 16.2. The van der Waals surface area contributed by atoms with Gasteiger partial charge in [0, 0.05) is 0 Å². The average molecular weight is 359 g/mol. The van der Waals surface area contributed by atoms with E-state index in [1.165, 1.54) is 0 Å². The molecule has 0 heterocycles. The highest BCUT2D eigenvalue weighted by molar-refractivity contribution is 6.67. The fraction of sp³-hybridized carbons (Fsp3) is 0.538. The number of alkyl halides is 3. The molecule has 21 heavy (non-hydrogen) atoms. The van der Waals surface area contributed by atoms with E-state index >= 15 is 0 Å². The monoisotopic (exact) mass is 357 g/mol. The van der Waals surface area contributed by atoms with Crippen LogP contribution in [0, 0.1) is 5.92 Å². The standard InChI is InChI=1S/C13H18Cl3NO4/c1-9(2)6-4-3-5-7-10(11(18)19)17-12(20)21-8-13(14,15)16/h3-6,9-10H,7-8H2,1-2H3,(H,17,20)(H,18,19)/b5-3+,6-4+/t10-/m0/s1. The Bertz CT molecular complexity index is 403. The lowest BCUT2D eigenvalue weighted by molar-refractivity contribution is -0.139. The Balaban J connectivity index is 4.31. The van der Waals surface area contributed by atoms with Gasteiger partial charge in [0.1, 0.15) is 12.6 Å². The number of hydrogen-bond acceptors (Lipinski definition) is 3. The van der Waals surface area contributed by atoms with Gasteiger partial charge in [-0.1, -0.05) is 73.0 Å². The summed E-state index contributed by atoms with van der Waals surface area (Å²) in [5.74, 6) is -0.779. The van der Waals surface area contributed by atoms with Crippen LogP contribution >= 0.6 is 34.8 Å². The summed E-state index contributed by atoms with van der Waals surface area (Å²) in [6, 6.07) is -1.11. The summed E-state index contributed by atoms with van der Waals surface area (Å²) in [6.45, 7) is 3.57. The number of rotatable bonds is 7. The number of ether oxygens (including phenoxy) is 1. The normalized spacial score (nSPS) is 13.8. The summed E-state index contributed by atoms with van der Waals surface area (Å²) in [5.41, 5.74) is 0. The van der Waals surface area contributed by atoms with E-state index in [0.717, 1.165) is 0 Å². The highest BCUT2D eigenvalue weighted by atomic mass is 35.6. The quantitative estimate of drug-likeness (QED) is 0.537. The molecule has 120 valence electrons. The largest absolute Gasteiger partial charge is 0.480 e. The molecule has 8 heteroatoms. The molecular weight excluding hydrogens is 341 g/mol. The Hall–Kier alpha value is -0.910. The zero-order valence-corrected chi connectivity index (χ0v) is 14.0. The van der Waals surface area contributed by atoms with Crippen LogP contribution in [0.15, 0.2) is 24.3 Å². The van der Waals surface area contributed by atoms with E-state index in [0.29, 0.717) is 5.92 Å². The molecule has 0 fully saturated rings. The molecule has 0 saturated carbocycles. The molecule has 0 aromatic rings. The highest BCUT2D eigenvalue weighted by Gasteiger charge is 2.24. The Morgan fingerprint density at radius 2 is 1.90 bits per heavy atom. The number of hydrogen-bond donors (Lipinski definition) is 2. The van der Waals surface area contributed by atoms with Crippen LogP contribution in [-0.4, -0.2) is 33.6 Å². The molecule has 0 spiro atoms. The zero-order valence-electron chi connectivity index (χ0n) is 11.7. The number of nitrogens with one attached hydrogen (secondary N) is 1. The van der Waals surface area contributed by atoms with Gasteiger partial charge in [0.05, 0.1) is 0 Å². The van der Waals surface area contributed by atoms with Crippen LogP contribution in [0.2, 0.25) is 0 Å². The van der Waals surface area contributed by atoms with Crippen molar-refractivity contribution in [2.24, 2.45) is 5.92 Å². The van der Waals surface area contributed by atoms with Gasteiger partial charge in [0.2, 0.25) is 3.79 Å². The smallest absolute Gasteiger partial charge is 0.408 e. The topological polar surface area (TPSA) is 75.6 Å². The Morgan fingerprint density at radius 3 is 2.38 bits per heavy atom. The van der Waals surface area contributed by atoms with Crippen molar-refractivity contribution < 1.29 is 19.4 Å². The van der Waals surface area contributed by atoms with Crippen molar-refractivity contribution in [1.82, 2.24) is 5.32 Å². The van der Waals surface area contributed by atoms with Crippen molar-refractivity contribution in [3.05, 3.63) is 24.3 Å². The SMILES string of the molecule is CC(C)/C=C/C=C/C[C@H](NC(=O)OCC(Cl)(Cl)Cl)C(=O)O. The summed E-state index contributed by atoms with van der Waals surface area (Å²) in [7, 11) is 0. The third-order valence-corrected chi connectivity index (χ3v) is 2.40. The number of carboxylic acids is 1. The third kappa shape index (κ3) is 12.5. The summed E-state index contributed by atoms with van der Waals surface area (Å²) in [4.78, 5) is 22.4. The molecule has 1 atom stereocenters. The van der Waals surface area contributed by atoms with Gasteiger partial charge < -0.3 is 15.2 Å². The van der Waals surface area contributed by atoms with Crippen molar-refractivity contribution in [2.75, 3.05) is 6.61 Å². The predicted molar refractivity (Wildman–Crippen MR) is 83.9 cm³/mol. The summed E-state index contributed by atoms with van der Waals surface area (Å²) < 4.78 is 2.86. The average Bonchev–Trinajstić information content (AvgIpc) is 2.33. The lowest BCUT2D eigenvalue weighted by atomic mass is 10.2. The van der Waals surface area contributed by atoms with Gasteiger partial charge in [-0.2, -0.15) is 0 Å². The number of carbonyl (C=O) groups excluding carboxylic acids is 1. The molecule has 0 aliphatic rings. The number of allylic oxidation sites excluding steroid dienone is 3. The minimum absolute atomic E-state index is 0.112. The fourth-order valence-corrected chi connectivity index (χ4v) is 1.30. The molecule has 0 aromatic heterocycles. The lowest BCUT2D eigenvalue weighted by Gasteiger charge is -2.15. The van der Waals surface area contributed by atoms with Crippen LogP contribution in [0.3, 0.4) is 0 Å². The fourth-order valence-electron chi connectivity index (χ4n) is 1.13. The molecule has 0 saturated heterocycles. The number of carbonyl (C=O) groups is 2. The predicted octanol–water partition coefficient (Wildman–Crippen LogP) is 3.69. The highest BCUT2D eigenvalue weighted by Crippen LogP contribution is 2.25. The molecule has 5 nitrogen and oxygen atoms in total. The van der Waals surface area contributed by atoms with Gasteiger partial charge in [0.25, 0.3) is 0 Å². The maximum Gasteiger partial charge on any atom is 0.408 e. The van der Waals surface area contributed by atoms with Crippen molar-refractivity contribution in [3.63, 3.8) is 0 Å². The maximum atomic E-state index is 11.4. The Morgan fingerprint density at radius 1 is 1.29 bits per heavy atom. The summed E-state index contributed by atoms with van der Waals surface area (Å²) in [5, 5.41) is 11.2. The number of halogens is 3. The van der Waals surface area contributed by atoms with Crippen LogP contribution in [0.1, 0.15) is 20.3 Å². The Labute approximate surface area is 138 Å². The lowest BCUT2D eigenvalue weighted by Crippen LogP contribution is -2.41. The van der Waals surface area contributed by atoms with Gasteiger partial charge in [-0.3, -0.25) is 0 Å². The van der Waals surface area contributed by atoms with Crippen molar-refractivity contribution in [1.29, 1.82) is 0 Å².